The van der Waals surface area contributed by atoms with Gasteiger partial charge in [-0.25, -0.2) is 0 Å². The normalized spacial score (nSPS) is 20.2. The molecule has 1 aliphatic rings. The van der Waals surface area contributed by atoms with E-state index in [0.29, 0.717) is 13.0 Å². The van der Waals surface area contributed by atoms with Crippen LogP contribution in [0, 0.1) is 0 Å². The molecule has 2 heterocycles. The molecule has 0 saturated carbocycles. The van der Waals surface area contributed by atoms with Crippen molar-refractivity contribution in [2.45, 2.75) is 19.0 Å². The van der Waals surface area contributed by atoms with E-state index in [1.54, 1.807) is 6.26 Å². The van der Waals surface area contributed by atoms with Crippen LogP contribution in [-0.2, 0) is 17.8 Å². The topological polar surface area (TPSA) is 62.5 Å². The largest absolute Gasteiger partial charge is 0.480 e. The van der Waals surface area contributed by atoms with Crippen molar-refractivity contribution >= 4 is 18.4 Å². The van der Waals surface area contributed by atoms with Gasteiger partial charge >= 0.3 is 5.97 Å². The average Bonchev–Trinajstić information content (AvgIpc) is 2.49. The van der Waals surface area contributed by atoms with Crippen LogP contribution in [0.5, 0.6) is 0 Å². The van der Waals surface area contributed by atoms with Gasteiger partial charge in [0.05, 0.1) is 12.8 Å². The highest BCUT2D eigenvalue weighted by Crippen LogP contribution is 2.17. The van der Waals surface area contributed by atoms with Crippen molar-refractivity contribution in [3.63, 3.8) is 0 Å². The lowest BCUT2D eigenvalue weighted by Crippen LogP contribution is -2.41. The van der Waals surface area contributed by atoms with Crippen LogP contribution in [-0.4, -0.2) is 17.1 Å². The number of furan rings is 1. The molecule has 0 unspecified atom stereocenters. The van der Waals surface area contributed by atoms with E-state index in [-0.39, 0.29) is 12.4 Å². The zero-order valence-electron chi connectivity index (χ0n) is 6.82. The summed E-state index contributed by atoms with van der Waals surface area (Å²) in [5.74, 6) is 0.0503. The molecule has 0 bridgehead atoms. The summed E-state index contributed by atoms with van der Waals surface area (Å²) in [6.45, 7) is 0.513. The van der Waals surface area contributed by atoms with Crippen molar-refractivity contribution in [1.29, 1.82) is 0 Å². The van der Waals surface area contributed by atoms with E-state index in [4.69, 9.17) is 9.52 Å². The maximum Gasteiger partial charge on any atom is 0.321 e. The van der Waals surface area contributed by atoms with Crippen molar-refractivity contribution in [2.24, 2.45) is 0 Å². The lowest BCUT2D eigenvalue weighted by atomic mass is 10.0. The predicted molar refractivity (Wildman–Crippen MR) is 47.9 cm³/mol. The molecule has 2 N–H and O–H groups in total. The number of halogens is 1. The molecule has 0 aromatic carbocycles. The van der Waals surface area contributed by atoms with Crippen LogP contribution in [0.4, 0.5) is 0 Å². The van der Waals surface area contributed by atoms with Crippen molar-refractivity contribution in [3.05, 3.63) is 23.7 Å². The number of hydrogen-bond acceptors (Lipinski definition) is 3. The van der Waals surface area contributed by atoms with Crippen LogP contribution < -0.4 is 5.32 Å². The van der Waals surface area contributed by atoms with Gasteiger partial charge in [-0.1, -0.05) is 0 Å². The molecule has 72 valence electrons. The summed E-state index contributed by atoms with van der Waals surface area (Å²) < 4.78 is 5.13. The van der Waals surface area contributed by atoms with E-state index < -0.39 is 12.0 Å². The molecular weight excluding hydrogens is 194 g/mol. The molecule has 5 heteroatoms. The Kier molecular flexibility index (Phi) is 2.95. The molecule has 0 fully saturated rings. The van der Waals surface area contributed by atoms with Gasteiger partial charge in [0.15, 0.2) is 0 Å². The Morgan fingerprint density at radius 1 is 1.69 bits per heavy atom. The zero-order valence-corrected chi connectivity index (χ0v) is 7.63. The van der Waals surface area contributed by atoms with E-state index in [1.165, 1.54) is 0 Å². The molecule has 2 rings (SSSR count). The fraction of sp³-hybridized carbons (Fsp3) is 0.375. The number of aliphatic carboxylic acids is 1. The fourth-order valence-corrected chi connectivity index (χ4v) is 1.39. The lowest BCUT2D eigenvalue weighted by Gasteiger charge is -2.18. The monoisotopic (exact) mass is 203 g/mol. The quantitative estimate of drug-likeness (QED) is 0.709. The number of hydrogen-bond donors (Lipinski definition) is 2. The standard InChI is InChI=1S/C8H9NO3.ClH/c10-8(11)6-3-5-1-2-12-7(5)4-9-6;/h1-2,6,9H,3-4H2,(H,10,11);1H/t6-;/m1./s1. The van der Waals surface area contributed by atoms with E-state index in [0.717, 1.165) is 11.3 Å². The fourth-order valence-electron chi connectivity index (χ4n) is 1.39. The number of fused-ring (bicyclic) bond motifs is 1. The summed E-state index contributed by atoms with van der Waals surface area (Å²) in [5.41, 5.74) is 1.00. The van der Waals surface area contributed by atoms with Gasteiger partial charge in [-0.05, 0) is 11.6 Å². The third-order valence-corrected chi connectivity index (χ3v) is 2.07. The number of carboxylic acids is 1. The number of carboxylic acid groups (broad SMARTS) is 1. The van der Waals surface area contributed by atoms with E-state index in [2.05, 4.69) is 5.32 Å². The van der Waals surface area contributed by atoms with Gasteiger partial charge in [-0.15, -0.1) is 12.4 Å². The van der Waals surface area contributed by atoms with Crippen LogP contribution in [0.15, 0.2) is 16.7 Å². The molecule has 4 nitrogen and oxygen atoms in total. The molecule has 13 heavy (non-hydrogen) atoms. The second-order valence-electron chi connectivity index (χ2n) is 2.84. The first-order valence-electron chi connectivity index (χ1n) is 3.79. The van der Waals surface area contributed by atoms with Crippen LogP contribution >= 0.6 is 12.4 Å². The van der Waals surface area contributed by atoms with E-state index in [9.17, 15) is 4.79 Å². The molecule has 0 saturated heterocycles. The zero-order chi connectivity index (χ0) is 8.55. The maximum absolute atomic E-state index is 10.6. The second kappa shape index (κ2) is 3.81. The summed E-state index contributed by atoms with van der Waals surface area (Å²) in [6.07, 6.45) is 2.11. The first-order valence-corrected chi connectivity index (χ1v) is 3.79. The Balaban J connectivity index is 0.000000845. The highest BCUT2D eigenvalue weighted by Gasteiger charge is 2.24. The minimum absolute atomic E-state index is 0. The number of nitrogens with one attached hydrogen (secondary N) is 1. The van der Waals surface area contributed by atoms with Crippen molar-refractivity contribution in [2.75, 3.05) is 0 Å². The Morgan fingerprint density at radius 2 is 2.46 bits per heavy atom. The summed E-state index contributed by atoms with van der Waals surface area (Å²) in [4.78, 5) is 10.6. The van der Waals surface area contributed by atoms with Gasteiger partial charge in [0.25, 0.3) is 0 Å². The SMILES string of the molecule is Cl.O=C(O)[C@H]1Cc2ccoc2CN1. The highest BCUT2D eigenvalue weighted by atomic mass is 35.5. The van der Waals surface area contributed by atoms with Gasteiger partial charge in [-0.3, -0.25) is 10.1 Å². The molecule has 1 aromatic rings. The van der Waals surface area contributed by atoms with Crippen LogP contribution in [0.3, 0.4) is 0 Å². The Morgan fingerprint density at radius 3 is 3.15 bits per heavy atom. The minimum atomic E-state index is -0.804. The van der Waals surface area contributed by atoms with Crippen LogP contribution in [0.25, 0.3) is 0 Å². The molecule has 1 aliphatic heterocycles. The Bertz CT molecular complexity index is 310. The summed E-state index contributed by atoms with van der Waals surface area (Å²) in [6, 6.07) is 1.36. The third kappa shape index (κ3) is 1.84. The summed E-state index contributed by atoms with van der Waals surface area (Å²) >= 11 is 0. The van der Waals surface area contributed by atoms with Crippen molar-refractivity contribution < 1.29 is 14.3 Å². The van der Waals surface area contributed by atoms with Crippen molar-refractivity contribution in [3.8, 4) is 0 Å². The molecule has 0 amide bonds. The first kappa shape index (κ1) is 10.1. The lowest BCUT2D eigenvalue weighted by molar-refractivity contribution is -0.139. The van der Waals surface area contributed by atoms with Crippen LogP contribution in [0.2, 0.25) is 0 Å². The third-order valence-electron chi connectivity index (χ3n) is 2.07. The molecule has 1 aromatic heterocycles. The van der Waals surface area contributed by atoms with E-state index in [1.807, 2.05) is 6.07 Å². The molecule has 0 radical (unpaired) electrons. The predicted octanol–water partition coefficient (Wildman–Crippen LogP) is 0.800. The summed E-state index contributed by atoms with van der Waals surface area (Å²) in [5, 5.41) is 11.6. The van der Waals surface area contributed by atoms with Gasteiger partial charge in [0, 0.05) is 6.42 Å². The molecular formula is C8H10ClNO3. The van der Waals surface area contributed by atoms with Gasteiger partial charge < -0.3 is 9.52 Å². The molecule has 1 atom stereocenters. The van der Waals surface area contributed by atoms with Gasteiger partial charge in [-0.2, -0.15) is 0 Å². The van der Waals surface area contributed by atoms with Crippen LogP contribution in [0.1, 0.15) is 11.3 Å². The minimum Gasteiger partial charge on any atom is -0.480 e. The summed E-state index contributed by atoms with van der Waals surface area (Å²) in [7, 11) is 0. The molecule has 0 aliphatic carbocycles. The van der Waals surface area contributed by atoms with E-state index >= 15 is 0 Å². The average molecular weight is 204 g/mol. The second-order valence-corrected chi connectivity index (χ2v) is 2.84. The van der Waals surface area contributed by atoms with Gasteiger partial charge in [0.2, 0.25) is 0 Å². The first-order chi connectivity index (χ1) is 5.77. The molecule has 0 spiro atoms. The smallest absolute Gasteiger partial charge is 0.321 e. The Hall–Kier alpha value is -1.00. The highest BCUT2D eigenvalue weighted by molar-refractivity contribution is 5.85. The van der Waals surface area contributed by atoms with Crippen molar-refractivity contribution in [1.82, 2.24) is 5.32 Å². The number of carbonyl (C=O) groups is 1. The maximum atomic E-state index is 10.6. The Labute approximate surface area is 81.3 Å². The van der Waals surface area contributed by atoms with Gasteiger partial charge in [0.1, 0.15) is 11.8 Å². The number of rotatable bonds is 1.